The minimum Gasteiger partial charge on any atom is -0.189 e. The van der Waals surface area contributed by atoms with Gasteiger partial charge in [-0.1, -0.05) is 26.8 Å². The summed E-state index contributed by atoms with van der Waals surface area (Å²) in [5.74, 6) is 4.03. The van der Waals surface area contributed by atoms with Crippen LogP contribution in [0.1, 0.15) is 46.0 Å². The van der Waals surface area contributed by atoms with E-state index in [1.54, 1.807) is 0 Å². The molecule has 3 aliphatic carbocycles. The Bertz CT molecular complexity index is 400. The number of hydrogen-bond donors (Lipinski definition) is 1. The lowest BCUT2D eigenvalue weighted by atomic mass is 9.67. The van der Waals surface area contributed by atoms with Crippen LogP contribution in [0.5, 0.6) is 0 Å². The number of rotatable bonds is 3. The van der Waals surface area contributed by atoms with Crippen LogP contribution in [0.15, 0.2) is 12.2 Å². The van der Waals surface area contributed by atoms with E-state index in [0.717, 1.165) is 24.7 Å². The lowest BCUT2D eigenvalue weighted by Gasteiger charge is -2.39. The molecule has 0 saturated heterocycles. The maximum absolute atomic E-state index is 13.5. The molecule has 0 radical (unpaired) electrons. The van der Waals surface area contributed by atoms with E-state index >= 15 is 0 Å². The standard InChI is InChI=1S/C17H26F2S/c1-9-4-5-12(6-9)16-10(2)13-7-14(15(16)8-13)11(3)17(18,19)20/h9-10,12-16,20H,3-8H2,1-2H3. The number of alkyl halides is 2. The third-order valence-electron chi connectivity index (χ3n) is 6.61. The van der Waals surface area contributed by atoms with E-state index in [0.29, 0.717) is 23.7 Å². The van der Waals surface area contributed by atoms with Crippen LogP contribution in [0, 0.1) is 41.4 Å². The molecule has 7 atom stereocenters. The predicted octanol–water partition coefficient (Wildman–Crippen LogP) is 5.41. The largest absolute Gasteiger partial charge is 0.312 e. The first-order valence-electron chi connectivity index (χ1n) is 8.08. The van der Waals surface area contributed by atoms with Crippen molar-refractivity contribution in [1.29, 1.82) is 0 Å². The molecule has 3 saturated carbocycles. The van der Waals surface area contributed by atoms with Crippen LogP contribution in [-0.2, 0) is 0 Å². The van der Waals surface area contributed by atoms with Crippen LogP contribution in [0.3, 0.4) is 0 Å². The van der Waals surface area contributed by atoms with Crippen molar-refractivity contribution in [3.8, 4) is 0 Å². The van der Waals surface area contributed by atoms with Gasteiger partial charge in [0.05, 0.1) is 0 Å². The van der Waals surface area contributed by atoms with Gasteiger partial charge in [0.2, 0.25) is 0 Å². The summed E-state index contributed by atoms with van der Waals surface area (Å²) in [5, 5.41) is -3.01. The minimum absolute atomic E-state index is 0.00426. The van der Waals surface area contributed by atoms with Gasteiger partial charge in [-0.25, -0.2) is 0 Å². The summed E-state index contributed by atoms with van der Waals surface area (Å²) in [6.07, 6.45) is 5.98. The highest BCUT2D eigenvalue weighted by Gasteiger charge is 2.55. The van der Waals surface area contributed by atoms with Gasteiger partial charge >= 0.3 is 5.25 Å². The van der Waals surface area contributed by atoms with Gasteiger partial charge in [0.25, 0.3) is 0 Å². The molecule has 0 aliphatic heterocycles. The van der Waals surface area contributed by atoms with Gasteiger partial charge in [-0.3, -0.25) is 0 Å². The fourth-order valence-electron chi connectivity index (χ4n) is 5.67. The highest BCUT2D eigenvalue weighted by Crippen LogP contribution is 2.62. The third-order valence-corrected chi connectivity index (χ3v) is 6.89. The molecule has 0 aromatic rings. The van der Waals surface area contributed by atoms with Crippen molar-refractivity contribution < 1.29 is 8.78 Å². The van der Waals surface area contributed by atoms with Gasteiger partial charge in [0.15, 0.2) is 0 Å². The first kappa shape index (κ1) is 14.9. The Hall–Kier alpha value is -0.0500. The lowest BCUT2D eigenvalue weighted by Crippen LogP contribution is -2.34. The molecule has 2 bridgehead atoms. The monoisotopic (exact) mass is 300 g/mol. The summed E-state index contributed by atoms with van der Waals surface area (Å²) in [4.78, 5) is 0. The summed E-state index contributed by atoms with van der Waals surface area (Å²) in [5.41, 5.74) is 0.0799. The molecular formula is C17H26F2S. The predicted molar refractivity (Wildman–Crippen MR) is 81.9 cm³/mol. The molecule has 0 N–H and O–H groups in total. The van der Waals surface area contributed by atoms with Crippen LogP contribution < -0.4 is 0 Å². The van der Waals surface area contributed by atoms with Gasteiger partial charge in [0.1, 0.15) is 0 Å². The number of fused-ring (bicyclic) bond motifs is 2. The van der Waals surface area contributed by atoms with Crippen molar-refractivity contribution in [1.82, 2.24) is 0 Å². The van der Waals surface area contributed by atoms with Crippen molar-refractivity contribution in [3.05, 3.63) is 12.2 Å². The number of hydrogen-bond acceptors (Lipinski definition) is 1. The Morgan fingerprint density at radius 2 is 1.80 bits per heavy atom. The molecule has 0 aromatic heterocycles. The fraction of sp³-hybridized carbons (Fsp3) is 0.882. The van der Waals surface area contributed by atoms with Crippen molar-refractivity contribution in [2.75, 3.05) is 0 Å². The van der Waals surface area contributed by atoms with Gasteiger partial charge in [-0.2, -0.15) is 8.78 Å². The van der Waals surface area contributed by atoms with Crippen LogP contribution in [0.2, 0.25) is 0 Å². The van der Waals surface area contributed by atoms with Crippen LogP contribution >= 0.6 is 12.6 Å². The topological polar surface area (TPSA) is 0 Å². The first-order valence-corrected chi connectivity index (χ1v) is 8.53. The summed E-state index contributed by atoms with van der Waals surface area (Å²) in [7, 11) is 0. The van der Waals surface area contributed by atoms with Crippen molar-refractivity contribution >= 4 is 12.6 Å². The Labute approximate surface area is 126 Å². The SMILES string of the molecule is C=C(C1CC2CC1C(C1CCC(C)C1)C2C)C(F)(F)S. The highest BCUT2D eigenvalue weighted by molar-refractivity contribution is 7.81. The molecule has 7 unspecified atom stereocenters. The molecule has 0 nitrogen and oxygen atoms in total. The van der Waals surface area contributed by atoms with Crippen LogP contribution in [0.25, 0.3) is 0 Å². The molecule has 3 aliphatic rings. The summed E-state index contributed by atoms with van der Waals surface area (Å²) >= 11 is 3.46. The third kappa shape index (κ3) is 2.34. The molecule has 3 rings (SSSR count). The highest BCUT2D eigenvalue weighted by atomic mass is 32.1. The average molecular weight is 300 g/mol. The summed E-state index contributed by atoms with van der Waals surface area (Å²) in [6, 6.07) is 0. The van der Waals surface area contributed by atoms with Gasteiger partial charge in [-0.05, 0) is 67.1 Å². The van der Waals surface area contributed by atoms with Crippen molar-refractivity contribution in [2.45, 2.75) is 51.2 Å². The normalized spacial score (nSPS) is 48.0. The molecule has 20 heavy (non-hydrogen) atoms. The molecule has 0 aromatic carbocycles. The van der Waals surface area contributed by atoms with Gasteiger partial charge in [0, 0.05) is 5.57 Å². The zero-order valence-corrected chi connectivity index (χ0v) is 13.4. The Morgan fingerprint density at radius 3 is 2.30 bits per heavy atom. The zero-order valence-electron chi connectivity index (χ0n) is 12.5. The Balaban J connectivity index is 1.78. The van der Waals surface area contributed by atoms with E-state index in [2.05, 4.69) is 33.1 Å². The summed E-state index contributed by atoms with van der Waals surface area (Å²) in [6.45, 7) is 8.39. The van der Waals surface area contributed by atoms with Crippen molar-refractivity contribution in [3.63, 3.8) is 0 Å². The van der Waals surface area contributed by atoms with Gasteiger partial charge < -0.3 is 0 Å². The van der Waals surface area contributed by atoms with E-state index in [9.17, 15) is 8.78 Å². The zero-order chi connectivity index (χ0) is 14.7. The maximum Gasteiger partial charge on any atom is 0.312 e. The molecule has 0 amide bonds. The second kappa shape index (κ2) is 5.00. The summed E-state index contributed by atoms with van der Waals surface area (Å²) < 4.78 is 27.0. The smallest absolute Gasteiger partial charge is 0.189 e. The second-order valence-corrected chi connectivity index (χ2v) is 8.24. The van der Waals surface area contributed by atoms with E-state index in [4.69, 9.17) is 0 Å². The maximum atomic E-state index is 13.5. The number of halogens is 2. The van der Waals surface area contributed by atoms with Crippen molar-refractivity contribution in [2.24, 2.45) is 41.4 Å². The second-order valence-electron chi connectivity index (χ2n) is 7.68. The van der Waals surface area contributed by atoms with E-state index < -0.39 is 5.25 Å². The lowest BCUT2D eigenvalue weighted by molar-refractivity contribution is 0.0878. The number of thiol groups is 1. The average Bonchev–Trinajstić information content (AvgIpc) is 3.01. The van der Waals surface area contributed by atoms with E-state index in [-0.39, 0.29) is 11.5 Å². The van der Waals surface area contributed by atoms with Gasteiger partial charge in [-0.15, -0.1) is 12.6 Å². The Morgan fingerprint density at radius 1 is 1.10 bits per heavy atom. The molecule has 114 valence electrons. The minimum atomic E-state index is -3.01. The first-order chi connectivity index (χ1) is 9.29. The molecule has 0 heterocycles. The fourth-order valence-corrected chi connectivity index (χ4v) is 5.84. The quantitative estimate of drug-likeness (QED) is 0.523. The van der Waals surface area contributed by atoms with E-state index in [1.807, 2.05) is 0 Å². The molecular weight excluding hydrogens is 274 g/mol. The van der Waals surface area contributed by atoms with Crippen LogP contribution in [0.4, 0.5) is 8.78 Å². The molecule has 0 spiro atoms. The van der Waals surface area contributed by atoms with Crippen LogP contribution in [-0.4, -0.2) is 5.25 Å². The van der Waals surface area contributed by atoms with E-state index in [1.165, 1.54) is 19.3 Å². The molecule has 3 heteroatoms. The molecule has 3 fully saturated rings. The Kier molecular flexibility index (Phi) is 3.72.